The Kier molecular flexibility index (Phi) is 5.55. The van der Waals surface area contributed by atoms with Gasteiger partial charge in [0.15, 0.2) is 0 Å². The van der Waals surface area contributed by atoms with E-state index in [0.717, 1.165) is 22.2 Å². The van der Waals surface area contributed by atoms with E-state index >= 15 is 0 Å². The van der Waals surface area contributed by atoms with Gasteiger partial charge in [0.2, 0.25) is 0 Å². The molecule has 4 heteroatoms. The summed E-state index contributed by atoms with van der Waals surface area (Å²) in [5.74, 6) is 0.931. The number of rotatable bonds is 5. The second kappa shape index (κ2) is 6.45. The van der Waals surface area contributed by atoms with Gasteiger partial charge < -0.3 is 10.8 Å². The molecule has 78 valence electrons. The molecule has 1 aromatic carbocycles. The van der Waals surface area contributed by atoms with Crippen molar-refractivity contribution in [2.45, 2.75) is 17.9 Å². The van der Waals surface area contributed by atoms with Crippen molar-refractivity contribution < 1.29 is 5.11 Å². The Balaban J connectivity index is 2.67. The first-order valence-electron chi connectivity index (χ1n) is 4.50. The molecule has 0 saturated heterocycles. The van der Waals surface area contributed by atoms with Crippen LogP contribution in [0, 0.1) is 0 Å². The van der Waals surface area contributed by atoms with Crippen molar-refractivity contribution in [3.8, 4) is 0 Å². The van der Waals surface area contributed by atoms with E-state index in [9.17, 15) is 0 Å². The molecule has 0 aliphatic rings. The number of halogens is 1. The van der Waals surface area contributed by atoms with Crippen LogP contribution in [0.1, 0.15) is 12.0 Å². The predicted octanol–water partition coefficient (Wildman–Crippen LogP) is 2.38. The summed E-state index contributed by atoms with van der Waals surface area (Å²) < 4.78 is 1.07. The Morgan fingerprint density at radius 1 is 1.43 bits per heavy atom. The Morgan fingerprint density at radius 3 is 2.86 bits per heavy atom. The van der Waals surface area contributed by atoms with Crippen molar-refractivity contribution in [2.24, 2.45) is 5.73 Å². The van der Waals surface area contributed by atoms with Crippen LogP contribution in [0.25, 0.3) is 0 Å². The van der Waals surface area contributed by atoms with Crippen LogP contribution < -0.4 is 5.73 Å². The van der Waals surface area contributed by atoms with Gasteiger partial charge in [-0.2, -0.15) is 0 Å². The molecule has 0 radical (unpaired) electrons. The molecule has 1 rings (SSSR count). The van der Waals surface area contributed by atoms with Gasteiger partial charge in [0.05, 0.1) is 0 Å². The molecule has 0 saturated carbocycles. The monoisotopic (exact) mass is 275 g/mol. The third-order valence-electron chi connectivity index (χ3n) is 1.81. The maximum Gasteiger partial charge on any atom is 0.0439 e. The average molecular weight is 276 g/mol. The highest BCUT2D eigenvalue weighted by Gasteiger charge is 2.02. The second-order valence-corrected chi connectivity index (χ2v) is 4.93. The van der Waals surface area contributed by atoms with Gasteiger partial charge >= 0.3 is 0 Å². The van der Waals surface area contributed by atoms with E-state index in [2.05, 4.69) is 22.0 Å². The fraction of sp³-hybridized carbons (Fsp3) is 0.400. The van der Waals surface area contributed by atoms with E-state index in [1.807, 2.05) is 12.1 Å². The summed E-state index contributed by atoms with van der Waals surface area (Å²) >= 11 is 5.17. The minimum absolute atomic E-state index is 0.249. The summed E-state index contributed by atoms with van der Waals surface area (Å²) in [5.41, 5.74) is 6.79. The van der Waals surface area contributed by atoms with Crippen molar-refractivity contribution in [2.75, 3.05) is 12.4 Å². The summed E-state index contributed by atoms with van der Waals surface area (Å²) in [6, 6.07) is 6.11. The maximum atomic E-state index is 8.68. The molecule has 0 aliphatic carbocycles. The van der Waals surface area contributed by atoms with Gasteiger partial charge in [0, 0.05) is 28.3 Å². The fourth-order valence-corrected chi connectivity index (χ4v) is 2.63. The van der Waals surface area contributed by atoms with Crippen molar-refractivity contribution in [1.29, 1.82) is 0 Å². The van der Waals surface area contributed by atoms with Crippen molar-refractivity contribution in [3.05, 3.63) is 28.2 Å². The van der Waals surface area contributed by atoms with Crippen LogP contribution in [0.4, 0.5) is 0 Å². The summed E-state index contributed by atoms with van der Waals surface area (Å²) in [7, 11) is 0. The summed E-state index contributed by atoms with van der Waals surface area (Å²) in [6.07, 6.45) is 0.821. The number of hydrogen-bond donors (Lipinski definition) is 2. The fourth-order valence-electron chi connectivity index (χ4n) is 1.08. The first kappa shape index (κ1) is 12.0. The first-order valence-corrected chi connectivity index (χ1v) is 6.28. The molecule has 0 aliphatic heterocycles. The van der Waals surface area contributed by atoms with Gasteiger partial charge in [-0.1, -0.05) is 22.0 Å². The van der Waals surface area contributed by atoms with Gasteiger partial charge in [-0.05, 0) is 24.1 Å². The van der Waals surface area contributed by atoms with Crippen LogP contribution in [0.3, 0.4) is 0 Å². The normalized spacial score (nSPS) is 10.5. The molecule has 1 aromatic rings. The molecule has 0 heterocycles. The number of thioether (sulfide) groups is 1. The minimum Gasteiger partial charge on any atom is -0.396 e. The summed E-state index contributed by atoms with van der Waals surface area (Å²) in [4.78, 5) is 1.20. The zero-order valence-corrected chi connectivity index (χ0v) is 10.3. The van der Waals surface area contributed by atoms with Gasteiger partial charge in [-0.25, -0.2) is 0 Å². The van der Waals surface area contributed by atoms with Gasteiger partial charge in [0.25, 0.3) is 0 Å². The molecule has 0 amide bonds. The Bertz CT molecular complexity index is 293. The molecule has 0 fully saturated rings. The van der Waals surface area contributed by atoms with Crippen molar-refractivity contribution in [1.82, 2.24) is 0 Å². The Morgan fingerprint density at radius 2 is 2.21 bits per heavy atom. The number of aliphatic hydroxyl groups excluding tert-OH is 1. The SMILES string of the molecule is NCc1ccc(Br)cc1SCCCO. The summed E-state index contributed by atoms with van der Waals surface area (Å²) in [5, 5.41) is 8.68. The van der Waals surface area contributed by atoms with E-state index < -0.39 is 0 Å². The number of benzene rings is 1. The molecule has 0 aromatic heterocycles. The number of aliphatic hydroxyl groups is 1. The van der Waals surface area contributed by atoms with Crippen LogP contribution in [-0.2, 0) is 6.54 Å². The first-order chi connectivity index (χ1) is 6.77. The van der Waals surface area contributed by atoms with Crippen LogP contribution in [0.5, 0.6) is 0 Å². The quantitative estimate of drug-likeness (QED) is 0.641. The van der Waals surface area contributed by atoms with Crippen LogP contribution in [-0.4, -0.2) is 17.5 Å². The maximum absolute atomic E-state index is 8.68. The lowest BCUT2D eigenvalue weighted by Gasteiger charge is -2.07. The summed E-state index contributed by atoms with van der Waals surface area (Å²) in [6.45, 7) is 0.813. The molecule has 2 nitrogen and oxygen atoms in total. The molecule has 14 heavy (non-hydrogen) atoms. The van der Waals surface area contributed by atoms with Crippen molar-refractivity contribution >= 4 is 27.7 Å². The zero-order valence-electron chi connectivity index (χ0n) is 7.87. The standard InChI is InChI=1S/C10H14BrNOS/c11-9-3-2-8(7-12)10(6-9)14-5-1-4-13/h2-3,6,13H,1,4-5,7,12H2. The third kappa shape index (κ3) is 3.61. The minimum atomic E-state index is 0.249. The van der Waals surface area contributed by atoms with Gasteiger partial charge in [-0.3, -0.25) is 0 Å². The average Bonchev–Trinajstić information content (AvgIpc) is 2.19. The highest BCUT2D eigenvalue weighted by molar-refractivity contribution is 9.10. The molecule has 0 atom stereocenters. The Labute approximate surface area is 97.0 Å². The molecular weight excluding hydrogens is 262 g/mol. The largest absolute Gasteiger partial charge is 0.396 e. The topological polar surface area (TPSA) is 46.2 Å². The molecule has 3 N–H and O–H groups in total. The van der Waals surface area contributed by atoms with E-state index in [1.54, 1.807) is 11.8 Å². The van der Waals surface area contributed by atoms with Crippen LogP contribution >= 0.6 is 27.7 Å². The van der Waals surface area contributed by atoms with E-state index in [0.29, 0.717) is 6.54 Å². The van der Waals surface area contributed by atoms with Crippen molar-refractivity contribution in [3.63, 3.8) is 0 Å². The molecule has 0 bridgehead atoms. The molecule has 0 spiro atoms. The number of hydrogen-bond acceptors (Lipinski definition) is 3. The van der Waals surface area contributed by atoms with Crippen LogP contribution in [0.2, 0.25) is 0 Å². The van der Waals surface area contributed by atoms with Gasteiger partial charge in [-0.15, -0.1) is 11.8 Å². The number of nitrogens with two attached hydrogens (primary N) is 1. The van der Waals surface area contributed by atoms with E-state index in [-0.39, 0.29) is 6.61 Å². The van der Waals surface area contributed by atoms with Gasteiger partial charge in [0.1, 0.15) is 0 Å². The lowest BCUT2D eigenvalue weighted by molar-refractivity contribution is 0.296. The Hall–Kier alpha value is -0.0300. The lowest BCUT2D eigenvalue weighted by Crippen LogP contribution is -1.98. The third-order valence-corrected chi connectivity index (χ3v) is 3.49. The molecule has 0 unspecified atom stereocenters. The predicted molar refractivity (Wildman–Crippen MR) is 64.5 cm³/mol. The van der Waals surface area contributed by atoms with E-state index in [1.165, 1.54) is 4.90 Å². The second-order valence-electron chi connectivity index (χ2n) is 2.88. The van der Waals surface area contributed by atoms with E-state index in [4.69, 9.17) is 10.8 Å². The highest BCUT2D eigenvalue weighted by Crippen LogP contribution is 2.26. The lowest BCUT2D eigenvalue weighted by atomic mass is 10.2. The molecular formula is C10H14BrNOS. The zero-order chi connectivity index (χ0) is 10.4. The highest BCUT2D eigenvalue weighted by atomic mass is 79.9. The smallest absolute Gasteiger partial charge is 0.0439 e. The van der Waals surface area contributed by atoms with Crippen LogP contribution in [0.15, 0.2) is 27.6 Å².